The molecule has 1 N–H and O–H groups in total. The van der Waals surface area contributed by atoms with Gasteiger partial charge in [-0.05, 0) is 45.8 Å². The number of rotatable bonds is 3. The molecule has 21 heavy (non-hydrogen) atoms. The van der Waals surface area contributed by atoms with E-state index in [2.05, 4.69) is 21.2 Å². The van der Waals surface area contributed by atoms with Gasteiger partial charge in [0.15, 0.2) is 0 Å². The van der Waals surface area contributed by atoms with Crippen molar-refractivity contribution in [3.8, 4) is 0 Å². The third-order valence-electron chi connectivity index (χ3n) is 2.77. The summed E-state index contributed by atoms with van der Waals surface area (Å²) in [6, 6.07) is 6.97. The molecule has 0 saturated carbocycles. The summed E-state index contributed by atoms with van der Waals surface area (Å²) in [5.41, 5.74) is -1.01. The molecule has 0 amide bonds. The van der Waals surface area contributed by atoms with Gasteiger partial charge in [-0.2, -0.15) is 13.2 Å². The number of halogens is 6. The third kappa shape index (κ3) is 3.72. The quantitative estimate of drug-likeness (QED) is 0.722. The Morgan fingerprint density at radius 2 is 1.71 bits per heavy atom. The fourth-order valence-corrected chi connectivity index (χ4v) is 2.24. The number of hydrogen-bond acceptors (Lipinski definition) is 1. The molecule has 2 rings (SSSR count). The predicted molar refractivity (Wildman–Crippen MR) is 72.8 cm³/mol. The molecule has 0 aromatic heterocycles. The van der Waals surface area contributed by atoms with Gasteiger partial charge >= 0.3 is 6.18 Å². The normalized spacial score (nSPS) is 11.5. The van der Waals surface area contributed by atoms with E-state index in [9.17, 15) is 22.0 Å². The average Bonchev–Trinajstić information content (AvgIpc) is 2.38. The highest BCUT2D eigenvalue weighted by Gasteiger charge is 2.34. The highest BCUT2D eigenvalue weighted by atomic mass is 79.9. The predicted octanol–water partition coefficient (Wildman–Crippen LogP) is 5.36. The molecule has 2 aromatic rings. The molecular weight excluding hydrogens is 357 g/mol. The van der Waals surface area contributed by atoms with Crippen molar-refractivity contribution in [1.29, 1.82) is 0 Å². The van der Waals surface area contributed by atoms with Gasteiger partial charge < -0.3 is 5.32 Å². The summed E-state index contributed by atoms with van der Waals surface area (Å²) < 4.78 is 64.9. The maximum Gasteiger partial charge on any atom is 0.419 e. The zero-order valence-electron chi connectivity index (χ0n) is 10.4. The van der Waals surface area contributed by atoms with Gasteiger partial charge in [0, 0.05) is 11.0 Å². The fraction of sp³-hybridized carbons (Fsp3) is 0.143. The Bertz CT molecular complexity index is 634. The van der Waals surface area contributed by atoms with Crippen molar-refractivity contribution in [1.82, 2.24) is 0 Å². The smallest absolute Gasteiger partial charge is 0.378 e. The van der Waals surface area contributed by atoms with Crippen LogP contribution in [0.4, 0.5) is 27.6 Å². The van der Waals surface area contributed by atoms with Gasteiger partial charge in [0.2, 0.25) is 0 Å². The summed E-state index contributed by atoms with van der Waals surface area (Å²) in [4.78, 5) is 0. The molecule has 0 aliphatic heterocycles. The van der Waals surface area contributed by atoms with Gasteiger partial charge in [0.25, 0.3) is 0 Å². The molecule has 0 heterocycles. The molecule has 112 valence electrons. The van der Waals surface area contributed by atoms with E-state index in [1.165, 1.54) is 18.2 Å². The Balaban J connectivity index is 2.22. The lowest BCUT2D eigenvalue weighted by Crippen LogP contribution is -2.10. The number of para-hydroxylation sites is 1. The van der Waals surface area contributed by atoms with Crippen LogP contribution >= 0.6 is 15.9 Å². The first-order valence-corrected chi connectivity index (χ1v) is 6.62. The van der Waals surface area contributed by atoms with Gasteiger partial charge in [0.1, 0.15) is 11.6 Å². The molecule has 0 aliphatic carbocycles. The van der Waals surface area contributed by atoms with Gasteiger partial charge in [-0.3, -0.25) is 0 Å². The summed E-state index contributed by atoms with van der Waals surface area (Å²) in [5, 5.41) is 2.68. The lowest BCUT2D eigenvalue weighted by molar-refractivity contribution is -0.140. The van der Waals surface area contributed by atoms with E-state index in [1.807, 2.05) is 0 Å². The van der Waals surface area contributed by atoms with Crippen LogP contribution < -0.4 is 5.32 Å². The van der Waals surface area contributed by atoms with Crippen molar-refractivity contribution < 1.29 is 22.0 Å². The summed E-state index contributed by atoms with van der Waals surface area (Å²) in [7, 11) is 0. The Morgan fingerprint density at radius 3 is 2.33 bits per heavy atom. The molecule has 2 aromatic carbocycles. The molecular formula is C14H9BrF5N. The van der Waals surface area contributed by atoms with E-state index >= 15 is 0 Å². The molecule has 0 bridgehead atoms. The van der Waals surface area contributed by atoms with Crippen LogP contribution in [0.3, 0.4) is 0 Å². The van der Waals surface area contributed by atoms with Crippen molar-refractivity contribution >= 4 is 21.6 Å². The zero-order valence-corrected chi connectivity index (χ0v) is 12.0. The first-order valence-electron chi connectivity index (χ1n) is 5.82. The van der Waals surface area contributed by atoms with Crippen LogP contribution in [0, 0.1) is 11.6 Å². The summed E-state index contributed by atoms with van der Waals surface area (Å²) in [6.45, 7) is -0.0666. The van der Waals surface area contributed by atoms with Crippen molar-refractivity contribution in [3.63, 3.8) is 0 Å². The molecule has 0 spiro atoms. The number of anilines is 1. The SMILES string of the molecule is Fc1ccc(CNc2c(F)cccc2Br)cc1C(F)(F)F. The number of benzene rings is 2. The van der Waals surface area contributed by atoms with Gasteiger partial charge in [-0.15, -0.1) is 0 Å². The lowest BCUT2D eigenvalue weighted by atomic mass is 10.1. The van der Waals surface area contributed by atoms with Crippen molar-refractivity contribution in [2.75, 3.05) is 5.32 Å². The van der Waals surface area contributed by atoms with Crippen LogP contribution in [0.5, 0.6) is 0 Å². The number of nitrogens with one attached hydrogen (secondary N) is 1. The second kappa shape index (κ2) is 6.01. The van der Waals surface area contributed by atoms with Gasteiger partial charge in [-0.25, -0.2) is 8.78 Å². The van der Waals surface area contributed by atoms with E-state index in [0.29, 0.717) is 10.5 Å². The van der Waals surface area contributed by atoms with Crippen LogP contribution in [0.2, 0.25) is 0 Å². The maximum atomic E-state index is 13.6. The standard InChI is InChI=1S/C14H9BrF5N/c15-10-2-1-3-12(17)13(10)21-7-8-4-5-11(16)9(6-8)14(18,19)20/h1-6,21H,7H2. The van der Waals surface area contributed by atoms with Crippen molar-refractivity contribution in [3.05, 3.63) is 63.6 Å². The number of hydrogen-bond donors (Lipinski definition) is 1. The van der Waals surface area contributed by atoms with Crippen molar-refractivity contribution in [2.24, 2.45) is 0 Å². The molecule has 7 heteroatoms. The lowest BCUT2D eigenvalue weighted by Gasteiger charge is -2.12. The van der Waals surface area contributed by atoms with Gasteiger partial charge in [-0.1, -0.05) is 12.1 Å². The summed E-state index contributed by atoms with van der Waals surface area (Å²) in [6.07, 6.45) is -4.77. The van der Waals surface area contributed by atoms with Crippen molar-refractivity contribution in [2.45, 2.75) is 12.7 Å². The molecule has 0 unspecified atom stereocenters. The average molecular weight is 366 g/mol. The molecule has 0 saturated heterocycles. The Morgan fingerprint density at radius 1 is 1.00 bits per heavy atom. The minimum absolute atomic E-state index is 0.0666. The van der Waals surface area contributed by atoms with Crippen LogP contribution in [-0.4, -0.2) is 0 Å². The molecule has 1 nitrogen and oxygen atoms in total. The third-order valence-corrected chi connectivity index (χ3v) is 3.43. The minimum Gasteiger partial charge on any atom is -0.378 e. The monoisotopic (exact) mass is 365 g/mol. The van der Waals surface area contributed by atoms with E-state index in [0.717, 1.165) is 6.07 Å². The van der Waals surface area contributed by atoms with Gasteiger partial charge in [0.05, 0.1) is 11.3 Å². The molecule has 0 fully saturated rings. The molecule has 0 atom stereocenters. The van der Waals surface area contributed by atoms with E-state index in [-0.39, 0.29) is 17.8 Å². The van der Waals surface area contributed by atoms with Crippen LogP contribution in [0.15, 0.2) is 40.9 Å². The Hall–Kier alpha value is -1.63. The van der Waals surface area contributed by atoms with Crippen LogP contribution in [-0.2, 0) is 12.7 Å². The maximum absolute atomic E-state index is 13.6. The number of alkyl halides is 3. The second-order valence-electron chi connectivity index (χ2n) is 4.26. The van der Waals surface area contributed by atoms with E-state index in [1.54, 1.807) is 6.07 Å². The van der Waals surface area contributed by atoms with Crippen LogP contribution in [0.1, 0.15) is 11.1 Å². The highest BCUT2D eigenvalue weighted by molar-refractivity contribution is 9.10. The fourth-order valence-electron chi connectivity index (χ4n) is 1.76. The molecule has 0 radical (unpaired) electrons. The Labute approximate surface area is 125 Å². The Kier molecular flexibility index (Phi) is 4.51. The topological polar surface area (TPSA) is 12.0 Å². The summed E-state index contributed by atoms with van der Waals surface area (Å²) >= 11 is 3.14. The molecule has 0 aliphatic rings. The zero-order chi connectivity index (χ0) is 15.6. The second-order valence-corrected chi connectivity index (χ2v) is 5.12. The first kappa shape index (κ1) is 15.8. The first-order chi connectivity index (χ1) is 9.79. The minimum atomic E-state index is -4.77. The summed E-state index contributed by atoms with van der Waals surface area (Å²) in [5.74, 6) is -1.87. The highest BCUT2D eigenvalue weighted by Crippen LogP contribution is 2.32. The van der Waals surface area contributed by atoms with Crippen LogP contribution in [0.25, 0.3) is 0 Å². The van der Waals surface area contributed by atoms with E-state index < -0.39 is 23.4 Å². The van der Waals surface area contributed by atoms with E-state index in [4.69, 9.17) is 0 Å². The largest absolute Gasteiger partial charge is 0.419 e.